The first-order valence-corrected chi connectivity index (χ1v) is 15.8. The summed E-state index contributed by atoms with van der Waals surface area (Å²) in [6, 6.07) is 42.2. The van der Waals surface area contributed by atoms with Gasteiger partial charge in [0.25, 0.3) is 0 Å². The predicted octanol–water partition coefficient (Wildman–Crippen LogP) is 11.2. The minimum Gasteiger partial charge on any atom is -0.456 e. The summed E-state index contributed by atoms with van der Waals surface area (Å²) < 4.78 is 6.43. The van der Waals surface area contributed by atoms with Gasteiger partial charge in [-0.15, -0.1) is 0 Å². The molecule has 0 unspecified atom stereocenters. The van der Waals surface area contributed by atoms with Crippen molar-refractivity contribution in [2.24, 2.45) is 5.73 Å². The first kappa shape index (κ1) is 30.1. The lowest BCUT2D eigenvalue weighted by molar-refractivity contribution is 0.669. The van der Waals surface area contributed by atoms with Gasteiger partial charge in [0, 0.05) is 27.6 Å². The number of furan rings is 1. The number of hydrogen-bond donors (Lipinski definition) is 1. The highest BCUT2D eigenvalue weighted by molar-refractivity contribution is 6.25. The zero-order chi connectivity index (χ0) is 33.2. The second-order valence-electron chi connectivity index (χ2n) is 11.7. The molecule has 0 amide bonds. The van der Waals surface area contributed by atoms with E-state index in [1.807, 2.05) is 43.3 Å². The average molecular weight is 618 g/mol. The Hall–Kier alpha value is -6.62. The molecule has 0 saturated carbocycles. The van der Waals surface area contributed by atoms with Crippen LogP contribution < -0.4 is 5.73 Å². The Morgan fingerprint density at radius 2 is 1.33 bits per heavy atom. The molecule has 7 aromatic rings. The highest BCUT2D eigenvalue weighted by atomic mass is 16.3. The number of rotatable bonds is 7. The first-order valence-electron chi connectivity index (χ1n) is 15.8. The van der Waals surface area contributed by atoms with Crippen LogP contribution in [-0.4, -0.2) is 0 Å². The summed E-state index contributed by atoms with van der Waals surface area (Å²) in [4.78, 5) is 0. The lowest BCUT2D eigenvalue weighted by Gasteiger charge is -2.19. The third-order valence-corrected chi connectivity index (χ3v) is 8.88. The van der Waals surface area contributed by atoms with E-state index in [-0.39, 0.29) is 0 Å². The second kappa shape index (κ2) is 12.6. The van der Waals surface area contributed by atoms with Crippen molar-refractivity contribution in [1.82, 2.24) is 0 Å². The summed E-state index contributed by atoms with van der Waals surface area (Å²) in [6.07, 6.45) is 7.59. The number of benzene rings is 6. The van der Waals surface area contributed by atoms with Crippen LogP contribution in [0.3, 0.4) is 0 Å². The van der Waals surface area contributed by atoms with E-state index in [1.165, 1.54) is 0 Å². The maximum atomic E-state index is 9.50. The van der Waals surface area contributed by atoms with Gasteiger partial charge in [0.05, 0.1) is 12.1 Å². The Kier molecular flexibility index (Phi) is 7.92. The number of allylic oxidation sites excluding steroid dienone is 6. The molecule has 0 spiro atoms. The zero-order valence-corrected chi connectivity index (χ0v) is 26.5. The molecule has 4 heteroatoms. The lowest BCUT2D eigenvalue weighted by atomic mass is 9.84. The number of nitriles is 2. The molecule has 7 rings (SSSR count). The van der Waals surface area contributed by atoms with E-state index in [2.05, 4.69) is 97.6 Å². The maximum absolute atomic E-state index is 9.50. The van der Waals surface area contributed by atoms with Crippen LogP contribution in [0.2, 0.25) is 0 Å². The highest BCUT2D eigenvalue weighted by Gasteiger charge is 2.20. The van der Waals surface area contributed by atoms with Crippen molar-refractivity contribution >= 4 is 49.2 Å². The van der Waals surface area contributed by atoms with Crippen LogP contribution in [0.25, 0.3) is 71.4 Å². The lowest BCUT2D eigenvalue weighted by Crippen LogP contribution is -1.98. The quantitative estimate of drug-likeness (QED) is 0.109. The van der Waals surface area contributed by atoms with Gasteiger partial charge in [-0.2, -0.15) is 10.5 Å². The van der Waals surface area contributed by atoms with E-state index in [1.54, 1.807) is 18.2 Å². The summed E-state index contributed by atoms with van der Waals surface area (Å²) in [6.45, 7) is 5.59. The number of nitrogens with zero attached hydrogens (tertiary/aromatic N) is 2. The third-order valence-electron chi connectivity index (χ3n) is 8.88. The van der Waals surface area contributed by atoms with Crippen molar-refractivity contribution in [2.75, 3.05) is 0 Å². The van der Waals surface area contributed by atoms with Crippen molar-refractivity contribution in [1.29, 1.82) is 10.5 Å². The summed E-state index contributed by atoms with van der Waals surface area (Å²) in [5.74, 6) is 0. The largest absolute Gasteiger partial charge is 0.456 e. The van der Waals surface area contributed by atoms with Gasteiger partial charge in [-0.3, -0.25) is 0 Å². The van der Waals surface area contributed by atoms with E-state index in [0.717, 1.165) is 76.9 Å². The molecule has 0 aliphatic carbocycles. The van der Waals surface area contributed by atoms with Crippen molar-refractivity contribution in [3.63, 3.8) is 0 Å². The van der Waals surface area contributed by atoms with Crippen LogP contribution >= 0.6 is 0 Å². The van der Waals surface area contributed by atoms with Crippen molar-refractivity contribution in [2.45, 2.75) is 13.3 Å². The van der Waals surface area contributed by atoms with E-state index in [4.69, 9.17) is 10.2 Å². The predicted molar refractivity (Wildman–Crippen MR) is 199 cm³/mol. The molecular formula is C44H31N3O. The molecule has 0 saturated heterocycles. The third kappa shape index (κ3) is 5.32. The number of nitrogens with two attached hydrogens (primary N) is 1. The van der Waals surface area contributed by atoms with Gasteiger partial charge in [-0.1, -0.05) is 110 Å². The van der Waals surface area contributed by atoms with Crippen molar-refractivity contribution in [3.05, 3.63) is 162 Å². The SMILES string of the molecule is C=C/C(C#N)=C\Cc1cccc(-c2c3ccccc3c(-c3cccc(/C(N)=C/C(C#N)=C\C)c3)c3cc4c(cc23)oc2ccccc24)c1. The fourth-order valence-corrected chi connectivity index (χ4v) is 6.56. The minimum absolute atomic E-state index is 0.512. The molecule has 48 heavy (non-hydrogen) atoms. The molecule has 0 aliphatic rings. The Balaban J connectivity index is 1.56. The van der Waals surface area contributed by atoms with Gasteiger partial charge >= 0.3 is 0 Å². The molecular weight excluding hydrogens is 587 g/mol. The fraction of sp³-hybridized carbons (Fsp3) is 0.0455. The molecule has 228 valence electrons. The Bertz CT molecular complexity index is 2600. The van der Waals surface area contributed by atoms with Gasteiger partial charge in [-0.25, -0.2) is 0 Å². The molecule has 0 atom stereocenters. The summed E-state index contributed by atoms with van der Waals surface area (Å²) in [5.41, 5.74) is 16.1. The standard InChI is InChI=1S/C44H31N3O/c1-3-28(26-45)19-20-30-11-9-13-32(21-30)43-35-16-5-6-17-36(35)44(33-14-10-12-31(23-33)40(47)22-29(4-2)27-46)38-24-37-34-15-7-8-18-41(34)48-42(37)25-39(38)43/h3-19,21-25H,1,20,47H2,2H3/b28-19+,29-4+,40-22-. The van der Waals surface area contributed by atoms with E-state index in [9.17, 15) is 10.5 Å². The Morgan fingerprint density at radius 3 is 2.02 bits per heavy atom. The zero-order valence-electron chi connectivity index (χ0n) is 26.5. The molecule has 0 fully saturated rings. The van der Waals surface area contributed by atoms with Gasteiger partial charge < -0.3 is 10.2 Å². The van der Waals surface area contributed by atoms with Gasteiger partial charge in [0.1, 0.15) is 11.2 Å². The van der Waals surface area contributed by atoms with Gasteiger partial charge in [0.2, 0.25) is 0 Å². The van der Waals surface area contributed by atoms with Crippen molar-refractivity contribution in [3.8, 4) is 34.4 Å². The molecule has 2 N–H and O–H groups in total. The molecule has 1 aromatic heterocycles. The maximum Gasteiger partial charge on any atom is 0.136 e. The second-order valence-corrected chi connectivity index (χ2v) is 11.7. The smallest absolute Gasteiger partial charge is 0.136 e. The summed E-state index contributed by atoms with van der Waals surface area (Å²) >= 11 is 0. The Morgan fingerprint density at radius 1 is 0.688 bits per heavy atom. The number of para-hydroxylation sites is 1. The Labute approximate surface area is 279 Å². The summed E-state index contributed by atoms with van der Waals surface area (Å²) in [5, 5.41) is 25.4. The summed E-state index contributed by atoms with van der Waals surface area (Å²) in [7, 11) is 0. The first-order chi connectivity index (χ1) is 23.5. The topological polar surface area (TPSA) is 86.7 Å². The number of fused-ring (bicyclic) bond motifs is 5. The van der Waals surface area contributed by atoms with Crippen molar-refractivity contribution < 1.29 is 4.42 Å². The van der Waals surface area contributed by atoms with Gasteiger partial charge in [0.15, 0.2) is 0 Å². The highest BCUT2D eigenvalue weighted by Crippen LogP contribution is 2.46. The molecule has 0 bridgehead atoms. The van der Waals surface area contributed by atoms with Crippen LogP contribution in [0.4, 0.5) is 0 Å². The van der Waals surface area contributed by atoms with E-state index in [0.29, 0.717) is 23.3 Å². The normalized spacial score (nSPS) is 12.4. The molecule has 0 radical (unpaired) electrons. The molecule has 4 nitrogen and oxygen atoms in total. The van der Waals surface area contributed by atoms with Gasteiger partial charge in [-0.05, 0) is 98.6 Å². The van der Waals surface area contributed by atoms with Crippen LogP contribution in [0, 0.1) is 22.7 Å². The monoisotopic (exact) mass is 617 g/mol. The molecule has 0 aliphatic heterocycles. The van der Waals surface area contributed by atoms with E-state index < -0.39 is 0 Å². The van der Waals surface area contributed by atoms with Crippen LogP contribution in [0.5, 0.6) is 0 Å². The fourth-order valence-electron chi connectivity index (χ4n) is 6.56. The van der Waals surface area contributed by atoms with Crippen LogP contribution in [0.15, 0.2) is 156 Å². The minimum atomic E-state index is 0.512. The average Bonchev–Trinajstić information content (AvgIpc) is 3.49. The van der Waals surface area contributed by atoms with Crippen LogP contribution in [0.1, 0.15) is 18.1 Å². The number of hydrogen-bond acceptors (Lipinski definition) is 4. The van der Waals surface area contributed by atoms with E-state index >= 15 is 0 Å². The van der Waals surface area contributed by atoms with Crippen LogP contribution in [-0.2, 0) is 6.42 Å². The molecule has 1 heterocycles. The molecule has 6 aromatic carbocycles.